The Hall–Kier alpha value is -4.54. The fourth-order valence-electron chi connectivity index (χ4n) is 6.67. The number of carboxylic acids is 1. The van der Waals surface area contributed by atoms with Crippen LogP contribution in [0.1, 0.15) is 44.1 Å². The topological polar surface area (TPSA) is 131 Å². The van der Waals surface area contributed by atoms with Gasteiger partial charge >= 0.3 is 5.97 Å². The van der Waals surface area contributed by atoms with Gasteiger partial charge in [0.1, 0.15) is 23.2 Å². The molecule has 11 heteroatoms. The van der Waals surface area contributed by atoms with Crippen molar-refractivity contribution in [3.63, 3.8) is 0 Å². The van der Waals surface area contributed by atoms with Gasteiger partial charge in [0.25, 0.3) is 0 Å². The van der Waals surface area contributed by atoms with E-state index >= 15 is 0 Å². The Kier molecular flexibility index (Phi) is 8.20. The second-order valence-corrected chi connectivity index (χ2v) is 12.3. The highest BCUT2D eigenvalue weighted by molar-refractivity contribution is 5.94. The Morgan fingerprint density at radius 1 is 1.09 bits per heavy atom. The standard InChI is InChI=1S/C34H37FN4O6/c1-19-27(44-3)14-13-24-28(19)36-29(20-9-11-22(35)12-10-20)37-31(24)45-23-16-25-26(17-23)32(41)39(2)15-7-5-4-6-8-21-18-34(21,33(42)43)38-30(25)40/h6,8-14,21,23,25-26H,4-5,7,15-18H2,1-3H3,(H,38,40)(H,42,43)/t21-,23-,25-,26?,34-/m1/s1. The van der Waals surface area contributed by atoms with Crippen LogP contribution < -0.4 is 14.8 Å². The van der Waals surface area contributed by atoms with E-state index in [4.69, 9.17) is 19.4 Å². The van der Waals surface area contributed by atoms with Gasteiger partial charge in [-0.2, -0.15) is 4.98 Å². The van der Waals surface area contributed by atoms with Crippen molar-refractivity contribution in [2.24, 2.45) is 17.8 Å². The van der Waals surface area contributed by atoms with Crippen LogP contribution in [0.3, 0.4) is 0 Å². The zero-order chi connectivity index (χ0) is 31.9. The van der Waals surface area contributed by atoms with Gasteiger partial charge in [-0.3, -0.25) is 9.59 Å². The molecule has 1 aromatic heterocycles. The van der Waals surface area contributed by atoms with Gasteiger partial charge in [-0.05, 0) is 81.8 Å². The second kappa shape index (κ2) is 12.1. The van der Waals surface area contributed by atoms with Gasteiger partial charge in [-0.15, -0.1) is 0 Å². The molecule has 2 amide bonds. The molecule has 2 saturated carbocycles. The predicted octanol–water partition coefficient (Wildman–Crippen LogP) is 4.68. The summed E-state index contributed by atoms with van der Waals surface area (Å²) in [7, 11) is 3.32. The molecule has 0 spiro atoms. The lowest BCUT2D eigenvalue weighted by molar-refractivity contribution is -0.145. The van der Waals surface area contributed by atoms with Crippen molar-refractivity contribution in [2.75, 3.05) is 20.7 Å². The van der Waals surface area contributed by atoms with Gasteiger partial charge in [0.05, 0.1) is 29.8 Å². The van der Waals surface area contributed by atoms with Crippen LogP contribution in [0.2, 0.25) is 0 Å². The van der Waals surface area contributed by atoms with E-state index < -0.39 is 35.4 Å². The van der Waals surface area contributed by atoms with Crippen LogP contribution in [0, 0.1) is 30.5 Å². The van der Waals surface area contributed by atoms with E-state index in [-0.39, 0.29) is 36.4 Å². The number of carbonyl (C=O) groups is 3. The molecule has 5 atom stereocenters. The largest absolute Gasteiger partial charge is 0.496 e. The summed E-state index contributed by atoms with van der Waals surface area (Å²) < 4.78 is 25.8. The number of methoxy groups -OCH3 is 1. The predicted molar refractivity (Wildman–Crippen MR) is 164 cm³/mol. The number of fused-ring (bicyclic) bond motifs is 3. The monoisotopic (exact) mass is 616 g/mol. The minimum Gasteiger partial charge on any atom is -0.496 e. The average molecular weight is 617 g/mol. The van der Waals surface area contributed by atoms with Crippen LogP contribution >= 0.6 is 0 Å². The lowest BCUT2D eigenvalue weighted by atomic mass is 9.93. The lowest BCUT2D eigenvalue weighted by Crippen LogP contribution is -2.49. The number of allylic oxidation sites excluding steroid dienone is 1. The summed E-state index contributed by atoms with van der Waals surface area (Å²) in [4.78, 5) is 50.9. The van der Waals surface area contributed by atoms with Gasteiger partial charge in [0, 0.05) is 30.6 Å². The number of halogens is 1. The zero-order valence-corrected chi connectivity index (χ0v) is 25.6. The minimum absolute atomic E-state index is 0.161. The number of aromatic nitrogens is 2. The smallest absolute Gasteiger partial charge is 0.330 e. The molecule has 0 radical (unpaired) electrons. The van der Waals surface area contributed by atoms with Crippen LogP contribution in [0.5, 0.6) is 11.6 Å². The molecule has 0 bridgehead atoms. The average Bonchev–Trinajstić information content (AvgIpc) is 3.56. The van der Waals surface area contributed by atoms with Crippen LogP contribution in [0.25, 0.3) is 22.3 Å². The van der Waals surface area contributed by atoms with Crippen molar-refractivity contribution in [3.05, 3.63) is 59.9 Å². The molecule has 3 aliphatic rings. The number of nitrogens with zero attached hydrogens (tertiary/aromatic N) is 3. The van der Waals surface area contributed by atoms with Crippen molar-refractivity contribution in [1.82, 2.24) is 20.2 Å². The molecular weight excluding hydrogens is 579 g/mol. The van der Waals surface area contributed by atoms with Crippen LogP contribution in [-0.4, -0.2) is 70.1 Å². The Balaban J connectivity index is 1.35. The van der Waals surface area contributed by atoms with E-state index in [1.807, 2.05) is 19.1 Å². The first-order valence-electron chi connectivity index (χ1n) is 15.4. The molecule has 2 fully saturated rings. The summed E-state index contributed by atoms with van der Waals surface area (Å²) in [6.07, 6.45) is 6.54. The first kappa shape index (κ1) is 30.5. The summed E-state index contributed by atoms with van der Waals surface area (Å²) >= 11 is 0. The molecule has 2 aliphatic carbocycles. The first-order valence-corrected chi connectivity index (χ1v) is 15.4. The van der Waals surface area contributed by atoms with Crippen molar-refractivity contribution in [3.8, 4) is 23.0 Å². The Morgan fingerprint density at radius 2 is 1.84 bits per heavy atom. The fourth-order valence-corrected chi connectivity index (χ4v) is 6.67. The number of aliphatic carboxylic acids is 1. The third-order valence-electron chi connectivity index (χ3n) is 9.41. The van der Waals surface area contributed by atoms with Gasteiger partial charge in [-0.25, -0.2) is 14.2 Å². The summed E-state index contributed by atoms with van der Waals surface area (Å²) in [6.45, 7) is 2.44. The molecule has 2 aromatic carbocycles. The molecule has 10 nitrogen and oxygen atoms in total. The number of carbonyl (C=O) groups excluding carboxylic acids is 2. The van der Waals surface area contributed by atoms with Crippen molar-refractivity contribution >= 4 is 28.7 Å². The summed E-state index contributed by atoms with van der Waals surface area (Å²) in [5.74, 6) is -2.59. The number of carboxylic acid groups (broad SMARTS) is 1. The highest BCUT2D eigenvalue weighted by atomic mass is 19.1. The number of nitrogens with one attached hydrogen (secondary N) is 1. The maximum absolute atomic E-state index is 13.8. The first-order chi connectivity index (χ1) is 21.6. The molecule has 45 heavy (non-hydrogen) atoms. The van der Waals surface area contributed by atoms with Gasteiger partial charge < -0.3 is 24.8 Å². The highest BCUT2D eigenvalue weighted by Crippen LogP contribution is 2.46. The van der Waals surface area contributed by atoms with Crippen LogP contribution in [0.4, 0.5) is 4.39 Å². The maximum atomic E-state index is 13.8. The summed E-state index contributed by atoms with van der Waals surface area (Å²) in [5, 5.41) is 13.5. The summed E-state index contributed by atoms with van der Waals surface area (Å²) in [6, 6.07) is 9.45. The summed E-state index contributed by atoms with van der Waals surface area (Å²) in [5.41, 5.74) is 0.598. The van der Waals surface area contributed by atoms with Gasteiger partial charge in [-0.1, -0.05) is 12.2 Å². The number of hydrogen-bond donors (Lipinski definition) is 2. The third-order valence-corrected chi connectivity index (χ3v) is 9.41. The molecule has 1 unspecified atom stereocenters. The van der Waals surface area contributed by atoms with E-state index in [9.17, 15) is 23.9 Å². The highest BCUT2D eigenvalue weighted by Gasteiger charge is 2.61. The van der Waals surface area contributed by atoms with E-state index in [0.29, 0.717) is 41.0 Å². The Bertz CT molecular complexity index is 1680. The molecule has 236 valence electrons. The number of amides is 2. The minimum atomic E-state index is -1.36. The molecule has 2 heterocycles. The number of rotatable bonds is 5. The lowest BCUT2D eigenvalue weighted by Gasteiger charge is -2.26. The number of benzene rings is 2. The molecular formula is C34H37FN4O6. The van der Waals surface area contributed by atoms with Crippen molar-refractivity contribution in [1.29, 1.82) is 0 Å². The van der Waals surface area contributed by atoms with Crippen molar-refractivity contribution < 1.29 is 33.4 Å². The number of hydrogen-bond acceptors (Lipinski definition) is 7. The SMILES string of the molecule is COc1ccc2c(O[C@H]3CC4C(=O)N(C)CCCCC=C[C@@H]5C[C@@]5(C(=O)O)NC(=O)[C@@H]4C3)nc(-c3ccc(F)cc3)nc2c1C. The van der Waals surface area contributed by atoms with E-state index in [2.05, 4.69) is 5.32 Å². The Labute approximate surface area is 260 Å². The molecule has 3 aromatic rings. The van der Waals surface area contributed by atoms with Crippen LogP contribution in [-0.2, 0) is 14.4 Å². The number of ether oxygens (including phenoxy) is 2. The van der Waals surface area contributed by atoms with E-state index in [1.165, 1.54) is 12.1 Å². The zero-order valence-electron chi connectivity index (χ0n) is 25.6. The molecule has 6 rings (SSSR count). The van der Waals surface area contributed by atoms with Gasteiger partial charge in [0.15, 0.2) is 5.82 Å². The third kappa shape index (κ3) is 5.83. The van der Waals surface area contributed by atoms with Gasteiger partial charge in [0.2, 0.25) is 17.7 Å². The fraction of sp³-hybridized carbons (Fsp3) is 0.441. The molecule has 1 aliphatic heterocycles. The second-order valence-electron chi connectivity index (χ2n) is 12.3. The Morgan fingerprint density at radius 3 is 2.58 bits per heavy atom. The maximum Gasteiger partial charge on any atom is 0.330 e. The quantitative estimate of drug-likeness (QED) is 0.395. The molecule has 0 saturated heterocycles. The van der Waals surface area contributed by atoms with Crippen LogP contribution in [0.15, 0.2) is 48.6 Å². The normalized spacial score (nSPS) is 26.9. The van der Waals surface area contributed by atoms with Crippen molar-refractivity contribution in [2.45, 2.75) is 57.1 Å². The number of aryl methyl sites for hydroxylation is 1. The van der Waals surface area contributed by atoms with E-state index in [0.717, 1.165) is 24.8 Å². The van der Waals surface area contributed by atoms with E-state index in [1.54, 1.807) is 43.3 Å². The molecule has 2 N–H and O–H groups in total.